The first-order chi connectivity index (χ1) is 9.76. The molecule has 0 aromatic heterocycles. The van der Waals surface area contributed by atoms with E-state index >= 15 is 0 Å². The lowest BCUT2D eigenvalue weighted by Crippen LogP contribution is -2.24. The summed E-state index contributed by atoms with van der Waals surface area (Å²) in [5.74, 6) is -0.636. The van der Waals surface area contributed by atoms with E-state index in [4.69, 9.17) is 9.47 Å². The van der Waals surface area contributed by atoms with Crippen LogP contribution < -0.4 is 0 Å². The van der Waals surface area contributed by atoms with Gasteiger partial charge in [-0.3, -0.25) is 0 Å². The maximum absolute atomic E-state index is 12.2. The van der Waals surface area contributed by atoms with Crippen LogP contribution in [0.5, 0.6) is 0 Å². The fourth-order valence-electron chi connectivity index (χ4n) is 2.46. The lowest BCUT2D eigenvalue weighted by molar-refractivity contribution is -0.142. The maximum atomic E-state index is 12.2. The highest BCUT2D eigenvalue weighted by atomic mass is 32.2. The van der Waals surface area contributed by atoms with Gasteiger partial charge in [0.15, 0.2) is 0 Å². The zero-order valence-electron chi connectivity index (χ0n) is 13.1. The molecule has 6 heteroatoms. The summed E-state index contributed by atoms with van der Waals surface area (Å²) in [7, 11) is 1.36. The molecule has 2 heterocycles. The predicted molar refractivity (Wildman–Crippen MR) is 81.3 cm³/mol. The minimum atomic E-state index is -0.377. The van der Waals surface area contributed by atoms with Crippen molar-refractivity contribution < 1.29 is 19.1 Å². The number of carbonyl (C=O) groups excluding carboxylic acids is 2. The minimum absolute atomic E-state index is 0.135. The van der Waals surface area contributed by atoms with Gasteiger partial charge in [-0.2, -0.15) is 0 Å². The van der Waals surface area contributed by atoms with Gasteiger partial charge in [0.1, 0.15) is 0 Å². The molecule has 5 nitrogen and oxygen atoms in total. The lowest BCUT2D eigenvalue weighted by Gasteiger charge is -2.22. The smallest absolute Gasteiger partial charge is 0.336 e. The van der Waals surface area contributed by atoms with Crippen LogP contribution in [0.3, 0.4) is 0 Å². The van der Waals surface area contributed by atoms with E-state index in [0.717, 1.165) is 10.7 Å². The zero-order valence-corrected chi connectivity index (χ0v) is 13.9. The Morgan fingerprint density at radius 1 is 1.38 bits per heavy atom. The quantitative estimate of drug-likeness (QED) is 0.589. The SMILES string of the molecule is COC(=O)C=C1N2CCC(C(=O)OC(C)C)=C2SC1(C)C. The number of hydrogen-bond acceptors (Lipinski definition) is 6. The molecule has 116 valence electrons. The number of nitrogens with zero attached hydrogens (tertiary/aromatic N) is 1. The van der Waals surface area contributed by atoms with Crippen molar-refractivity contribution in [2.75, 3.05) is 13.7 Å². The van der Waals surface area contributed by atoms with Gasteiger partial charge >= 0.3 is 11.9 Å². The fraction of sp³-hybridized carbons (Fsp3) is 0.600. The number of fused-ring (bicyclic) bond motifs is 1. The van der Waals surface area contributed by atoms with E-state index in [1.165, 1.54) is 13.2 Å². The molecule has 0 atom stereocenters. The van der Waals surface area contributed by atoms with Crippen molar-refractivity contribution >= 4 is 23.7 Å². The highest BCUT2D eigenvalue weighted by Gasteiger charge is 2.45. The van der Waals surface area contributed by atoms with Gasteiger partial charge in [0.05, 0.1) is 28.6 Å². The summed E-state index contributed by atoms with van der Waals surface area (Å²) in [4.78, 5) is 25.8. The van der Waals surface area contributed by atoms with Gasteiger partial charge in [-0.1, -0.05) is 11.8 Å². The largest absolute Gasteiger partial charge is 0.466 e. The van der Waals surface area contributed by atoms with Crippen LogP contribution in [0.2, 0.25) is 0 Å². The zero-order chi connectivity index (χ0) is 15.8. The Balaban J connectivity index is 2.34. The summed E-state index contributed by atoms with van der Waals surface area (Å²) in [5.41, 5.74) is 1.58. The van der Waals surface area contributed by atoms with Crippen LogP contribution in [0, 0.1) is 0 Å². The number of rotatable bonds is 3. The van der Waals surface area contributed by atoms with E-state index in [0.29, 0.717) is 18.5 Å². The second-order valence-electron chi connectivity index (χ2n) is 5.80. The Morgan fingerprint density at radius 3 is 2.62 bits per heavy atom. The predicted octanol–water partition coefficient (Wildman–Crippen LogP) is 2.44. The molecule has 2 aliphatic heterocycles. The molecular formula is C15H21NO4S. The van der Waals surface area contributed by atoms with Crippen molar-refractivity contribution in [2.45, 2.75) is 45.0 Å². The van der Waals surface area contributed by atoms with Crippen LogP contribution in [0.1, 0.15) is 34.1 Å². The molecule has 1 fully saturated rings. The van der Waals surface area contributed by atoms with Gasteiger partial charge in [-0.15, -0.1) is 0 Å². The Morgan fingerprint density at radius 2 is 2.05 bits per heavy atom. The molecule has 0 radical (unpaired) electrons. The molecule has 0 aliphatic carbocycles. The van der Waals surface area contributed by atoms with Crippen LogP contribution in [0.4, 0.5) is 0 Å². The van der Waals surface area contributed by atoms with Gasteiger partial charge < -0.3 is 14.4 Å². The molecule has 0 unspecified atom stereocenters. The Labute approximate surface area is 129 Å². The van der Waals surface area contributed by atoms with Crippen LogP contribution >= 0.6 is 11.8 Å². The molecular weight excluding hydrogens is 290 g/mol. The number of ether oxygens (including phenoxy) is 2. The average molecular weight is 311 g/mol. The van der Waals surface area contributed by atoms with Crippen molar-refractivity contribution in [3.8, 4) is 0 Å². The Hall–Kier alpha value is -1.43. The third-order valence-electron chi connectivity index (χ3n) is 3.39. The third-order valence-corrected chi connectivity index (χ3v) is 4.77. The number of carbonyl (C=O) groups is 2. The normalized spacial score (nSPS) is 22.0. The maximum Gasteiger partial charge on any atom is 0.336 e. The van der Waals surface area contributed by atoms with Gasteiger partial charge in [-0.25, -0.2) is 9.59 Å². The van der Waals surface area contributed by atoms with Crippen molar-refractivity contribution in [1.29, 1.82) is 0 Å². The molecule has 0 N–H and O–H groups in total. The number of thioether (sulfide) groups is 1. The summed E-state index contributed by atoms with van der Waals surface area (Å²) in [6.07, 6.45) is 2.02. The molecule has 0 amide bonds. The van der Waals surface area contributed by atoms with E-state index in [1.54, 1.807) is 11.8 Å². The highest BCUT2D eigenvalue weighted by molar-refractivity contribution is 8.04. The highest BCUT2D eigenvalue weighted by Crippen LogP contribution is 2.53. The topological polar surface area (TPSA) is 55.8 Å². The summed E-state index contributed by atoms with van der Waals surface area (Å²) >= 11 is 1.59. The number of methoxy groups -OCH3 is 1. The van der Waals surface area contributed by atoms with Crippen molar-refractivity contribution in [3.63, 3.8) is 0 Å². The molecule has 2 rings (SSSR count). The summed E-state index contributed by atoms with van der Waals surface area (Å²) < 4.78 is 9.75. The van der Waals surface area contributed by atoms with E-state index < -0.39 is 0 Å². The molecule has 0 aromatic carbocycles. The third kappa shape index (κ3) is 3.10. The molecule has 1 saturated heterocycles. The Kier molecular flexibility index (Phi) is 4.37. The first-order valence-electron chi connectivity index (χ1n) is 6.97. The van der Waals surface area contributed by atoms with E-state index in [9.17, 15) is 9.59 Å². The lowest BCUT2D eigenvalue weighted by atomic mass is 10.1. The molecule has 2 aliphatic rings. The Bertz CT molecular complexity index is 534. The average Bonchev–Trinajstić information content (AvgIpc) is 2.86. The summed E-state index contributed by atoms with van der Waals surface area (Å²) in [6.45, 7) is 8.43. The van der Waals surface area contributed by atoms with Crippen molar-refractivity contribution in [3.05, 3.63) is 22.4 Å². The molecule has 0 spiro atoms. The van der Waals surface area contributed by atoms with E-state index in [-0.39, 0.29) is 22.8 Å². The van der Waals surface area contributed by atoms with Gasteiger partial charge in [0, 0.05) is 24.7 Å². The number of esters is 2. The monoisotopic (exact) mass is 311 g/mol. The second-order valence-corrected chi connectivity index (χ2v) is 7.42. The van der Waals surface area contributed by atoms with Gasteiger partial charge in [0.25, 0.3) is 0 Å². The van der Waals surface area contributed by atoms with Crippen LogP contribution in [-0.4, -0.2) is 41.3 Å². The molecule has 0 aromatic rings. The number of hydrogen-bond donors (Lipinski definition) is 0. The van der Waals surface area contributed by atoms with Crippen molar-refractivity contribution in [2.24, 2.45) is 0 Å². The summed E-state index contributed by atoms with van der Waals surface area (Å²) in [6, 6.07) is 0. The van der Waals surface area contributed by atoms with Crippen molar-refractivity contribution in [1.82, 2.24) is 4.90 Å². The standard InChI is InChI=1S/C15H21NO4S/c1-9(2)20-14(18)10-6-7-16-11(8-12(17)19-5)15(3,4)21-13(10)16/h8-9H,6-7H2,1-5H3. The van der Waals surface area contributed by atoms with Crippen LogP contribution in [0.15, 0.2) is 22.4 Å². The first-order valence-corrected chi connectivity index (χ1v) is 7.78. The van der Waals surface area contributed by atoms with E-state index in [1.807, 2.05) is 32.6 Å². The first kappa shape index (κ1) is 15.9. The fourth-order valence-corrected chi connectivity index (χ4v) is 3.82. The molecule has 0 saturated carbocycles. The van der Waals surface area contributed by atoms with Gasteiger partial charge in [-0.05, 0) is 27.7 Å². The second kappa shape index (κ2) is 5.75. The molecule has 21 heavy (non-hydrogen) atoms. The van der Waals surface area contributed by atoms with Crippen LogP contribution in [0.25, 0.3) is 0 Å². The van der Waals surface area contributed by atoms with E-state index in [2.05, 4.69) is 0 Å². The minimum Gasteiger partial charge on any atom is -0.466 e. The van der Waals surface area contributed by atoms with Crippen LogP contribution in [-0.2, 0) is 19.1 Å². The van der Waals surface area contributed by atoms with Gasteiger partial charge in [0.2, 0.25) is 0 Å². The summed E-state index contributed by atoms with van der Waals surface area (Å²) in [5, 5.41) is 0.904. The molecule has 0 bridgehead atoms.